The van der Waals surface area contributed by atoms with Crippen molar-refractivity contribution in [1.29, 1.82) is 0 Å². The predicted molar refractivity (Wildman–Crippen MR) is 70.2 cm³/mol. The summed E-state index contributed by atoms with van der Waals surface area (Å²) in [4.78, 5) is 13.8. The van der Waals surface area contributed by atoms with E-state index in [1.54, 1.807) is 18.7 Å². The first-order valence-electron chi connectivity index (χ1n) is 6.79. The molecule has 19 heavy (non-hydrogen) atoms. The number of benzene rings is 1. The molecule has 0 aromatic heterocycles. The van der Waals surface area contributed by atoms with Gasteiger partial charge in [0.2, 0.25) is 0 Å². The van der Waals surface area contributed by atoms with Gasteiger partial charge in [-0.05, 0) is 42.9 Å². The van der Waals surface area contributed by atoms with Crippen LogP contribution in [0.3, 0.4) is 0 Å². The second-order valence-corrected chi connectivity index (χ2v) is 5.36. The van der Waals surface area contributed by atoms with Gasteiger partial charge in [0.1, 0.15) is 11.6 Å². The van der Waals surface area contributed by atoms with Crippen LogP contribution in [0, 0.1) is 11.6 Å². The summed E-state index contributed by atoms with van der Waals surface area (Å²) in [7, 11) is 0. The molecule has 1 amide bonds. The summed E-state index contributed by atoms with van der Waals surface area (Å²) in [5.41, 5.74) is 0.163. The van der Waals surface area contributed by atoms with E-state index in [1.165, 1.54) is 0 Å². The fraction of sp³-hybridized carbons (Fsp3) is 0.533. The van der Waals surface area contributed by atoms with E-state index < -0.39 is 17.5 Å². The quantitative estimate of drug-likeness (QED) is 0.799. The Kier molecular flexibility index (Phi) is 4.17. The highest BCUT2D eigenvalue weighted by atomic mass is 19.1. The third kappa shape index (κ3) is 2.94. The lowest BCUT2D eigenvalue weighted by Gasteiger charge is -2.27. The lowest BCUT2D eigenvalue weighted by atomic mass is 9.99. The molecular weight excluding hydrogens is 248 g/mol. The number of carbonyl (C=O) groups is 1. The second kappa shape index (κ2) is 5.68. The molecular formula is C15H19F2NO. The molecule has 1 saturated heterocycles. The molecule has 1 heterocycles. The SMILES string of the molecule is CC(C)c1cc(F)c(C(=O)N2CCCCC2)cc1F. The number of nitrogens with zero attached hydrogens (tertiary/aromatic N) is 1. The Labute approximate surface area is 112 Å². The van der Waals surface area contributed by atoms with E-state index in [-0.39, 0.29) is 11.5 Å². The molecule has 1 aromatic rings. The number of hydrogen-bond donors (Lipinski definition) is 0. The van der Waals surface area contributed by atoms with E-state index >= 15 is 0 Å². The van der Waals surface area contributed by atoms with E-state index in [1.807, 2.05) is 0 Å². The van der Waals surface area contributed by atoms with Crippen molar-refractivity contribution in [3.8, 4) is 0 Å². The number of halogens is 2. The topological polar surface area (TPSA) is 20.3 Å². The highest BCUT2D eigenvalue weighted by Crippen LogP contribution is 2.23. The van der Waals surface area contributed by atoms with Crippen molar-refractivity contribution >= 4 is 5.91 Å². The van der Waals surface area contributed by atoms with E-state index in [0.29, 0.717) is 18.7 Å². The van der Waals surface area contributed by atoms with Gasteiger partial charge < -0.3 is 4.90 Å². The third-order valence-corrected chi connectivity index (χ3v) is 3.58. The molecule has 1 fully saturated rings. The molecule has 1 aliphatic heterocycles. The number of rotatable bonds is 2. The molecule has 0 unspecified atom stereocenters. The van der Waals surface area contributed by atoms with Gasteiger partial charge >= 0.3 is 0 Å². The van der Waals surface area contributed by atoms with Gasteiger partial charge in [0.15, 0.2) is 0 Å². The smallest absolute Gasteiger partial charge is 0.256 e. The van der Waals surface area contributed by atoms with Gasteiger partial charge in [-0.2, -0.15) is 0 Å². The van der Waals surface area contributed by atoms with Crippen LogP contribution in [0.1, 0.15) is 54.9 Å². The fourth-order valence-corrected chi connectivity index (χ4v) is 2.44. The standard InChI is InChI=1S/C15H19F2NO/c1-10(2)11-8-14(17)12(9-13(11)16)15(19)18-6-4-3-5-7-18/h8-10H,3-7H2,1-2H3. The van der Waals surface area contributed by atoms with Gasteiger partial charge in [-0.3, -0.25) is 4.79 Å². The maximum absolute atomic E-state index is 14.0. The molecule has 2 nitrogen and oxygen atoms in total. The fourth-order valence-electron chi connectivity index (χ4n) is 2.44. The van der Waals surface area contributed by atoms with Crippen LogP contribution in [0.15, 0.2) is 12.1 Å². The van der Waals surface area contributed by atoms with Crippen molar-refractivity contribution in [2.45, 2.75) is 39.0 Å². The van der Waals surface area contributed by atoms with Crippen LogP contribution < -0.4 is 0 Å². The summed E-state index contributed by atoms with van der Waals surface area (Å²) in [6, 6.07) is 2.19. The Balaban J connectivity index is 2.29. The van der Waals surface area contributed by atoms with Gasteiger partial charge in [-0.25, -0.2) is 8.78 Å². The lowest BCUT2D eigenvalue weighted by Crippen LogP contribution is -2.36. The Bertz CT molecular complexity index is 479. The van der Waals surface area contributed by atoms with Crippen LogP contribution in [-0.2, 0) is 0 Å². The number of amides is 1. The monoisotopic (exact) mass is 267 g/mol. The van der Waals surface area contributed by atoms with Crippen LogP contribution in [0.25, 0.3) is 0 Å². The summed E-state index contributed by atoms with van der Waals surface area (Å²) in [5, 5.41) is 0. The first-order chi connectivity index (χ1) is 9.00. The minimum absolute atomic E-state index is 0.103. The van der Waals surface area contributed by atoms with E-state index in [2.05, 4.69) is 0 Å². The van der Waals surface area contributed by atoms with Gasteiger partial charge in [-0.15, -0.1) is 0 Å². The maximum Gasteiger partial charge on any atom is 0.256 e. The number of likely N-dealkylation sites (tertiary alicyclic amines) is 1. The van der Waals surface area contributed by atoms with Crippen LogP contribution in [-0.4, -0.2) is 23.9 Å². The molecule has 0 radical (unpaired) electrons. The molecule has 0 aliphatic carbocycles. The van der Waals surface area contributed by atoms with E-state index in [9.17, 15) is 13.6 Å². The molecule has 2 rings (SSSR count). The van der Waals surface area contributed by atoms with Crippen molar-refractivity contribution in [3.05, 3.63) is 34.9 Å². The normalized spacial score (nSPS) is 15.9. The molecule has 4 heteroatoms. The highest BCUT2D eigenvalue weighted by Gasteiger charge is 2.23. The van der Waals surface area contributed by atoms with Crippen LogP contribution >= 0.6 is 0 Å². The zero-order valence-corrected chi connectivity index (χ0v) is 11.4. The van der Waals surface area contributed by atoms with Crippen molar-refractivity contribution < 1.29 is 13.6 Å². The molecule has 0 spiro atoms. The largest absolute Gasteiger partial charge is 0.339 e. The zero-order chi connectivity index (χ0) is 14.0. The molecule has 0 saturated carbocycles. The molecule has 1 aromatic carbocycles. The predicted octanol–water partition coefficient (Wildman–Crippen LogP) is 3.71. The van der Waals surface area contributed by atoms with Crippen LogP contribution in [0.2, 0.25) is 0 Å². The Morgan fingerprint density at radius 1 is 1.11 bits per heavy atom. The van der Waals surface area contributed by atoms with Crippen molar-refractivity contribution in [1.82, 2.24) is 4.90 Å². The van der Waals surface area contributed by atoms with E-state index in [0.717, 1.165) is 31.4 Å². The average molecular weight is 267 g/mol. The van der Waals surface area contributed by atoms with Crippen molar-refractivity contribution in [3.63, 3.8) is 0 Å². The summed E-state index contributed by atoms with van der Waals surface area (Å²) in [6.07, 6.45) is 2.95. The minimum atomic E-state index is -0.624. The molecule has 0 N–H and O–H groups in total. The van der Waals surface area contributed by atoms with Gasteiger partial charge in [-0.1, -0.05) is 13.8 Å². The first-order valence-corrected chi connectivity index (χ1v) is 6.79. The molecule has 0 atom stereocenters. The summed E-state index contributed by atoms with van der Waals surface area (Å²) >= 11 is 0. The minimum Gasteiger partial charge on any atom is -0.339 e. The maximum atomic E-state index is 14.0. The first kappa shape index (κ1) is 14.0. The second-order valence-electron chi connectivity index (χ2n) is 5.36. The molecule has 104 valence electrons. The van der Waals surface area contributed by atoms with Crippen LogP contribution in [0.5, 0.6) is 0 Å². The molecule has 1 aliphatic rings. The highest BCUT2D eigenvalue weighted by molar-refractivity contribution is 5.94. The number of hydrogen-bond acceptors (Lipinski definition) is 1. The Hall–Kier alpha value is -1.45. The van der Waals surface area contributed by atoms with E-state index in [4.69, 9.17) is 0 Å². The van der Waals surface area contributed by atoms with Gasteiger partial charge in [0, 0.05) is 13.1 Å². The third-order valence-electron chi connectivity index (χ3n) is 3.58. The van der Waals surface area contributed by atoms with Gasteiger partial charge in [0.25, 0.3) is 5.91 Å². The summed E-state index contributed by atoms with van der Waals surface area (Å²) in [5.74, 6) is -1.63. The Morgan fingerprint density at radius 3 is 2.32 bits per heavy atom. The average Bonchev–Trinajstić information content (AvgIpc) is 2.41. The van der Waals surface area contributed by atoms with Crippen molar-refractivity contribution in [2.24, 2.45) is 0 Å². The number of carbonyl (C=O) groups excluding carboxylic acids is 1. The Morgan fingerprint density at radius 2 is 1.74 bits per heavy atom. The molecule has 0 bridgehead atoms. The summed E-state index contributed by atoms with van der Waals surface area (Å²) < 4.78 is 27.9. The number of piperidine rings is 1. The van der Waals surface area contributed by atoms with Crippen LogP contribution in [0.4, 0.5) is 8.78 Å². The van der Waals surface area contributed by atoms with Crippen molar-refractivity contribution in [2.75, 3.05) is 13.1 Å². The van der Waals surface area contributed by atoms with Gasteiger partial charge in [0.05, 0.1) is 5.56 Å². The lowest BCUT2D eigenvalue weighted by molar-refractivity contribution is 0.0719. The summed E-state index contributed by atoms with van der Waals surface area (Å²) in [6.45, 7) is 4.85. The zero-order valence-electron chi connectivity index (χ0n) is 11.4.